The minimum atomic E-state index is -0.323. The van der Waals surface area contributed by atoms with E-state index in [1.54, 1.807) is 29.2 Å². The summed E-state index contributed by atoms with van der Waals surface area (Å²) in [5.74, 6) is -0.387. The standard InChI is InChI=1S/C16H19N3O3/c17-10-13-4-6-14(7-5-13)18-15(20)11-22-12-16(21)19-8-2-1-3-9-19/h4-7H,1-3,8-9,11-12H2,(H,18,20). The molecule has 1 fully saturated rings. The maximum Gasteiger partial charge on any atom is 0.250 e. The average molecular weight is 301 g/mol. The van der Waals surface area contributed by atoms with Crippen LogP contribution in [-0.2, 0) is 14.3 Å². The predicted molar refractivity (Wildman–Crippen MR) is 81.0 cm³/mol. The number of nitrogens with zero attached hydrogens (tertiary/aromatic N) is 2. The van der Waals surface area contributed by atoms with Crippen molar-refractivity contribution in [3.63, 3.8) is 0 Å². The first-order valence-electron chi connectivity index (χ1n) is 7.34. The van der Waals surface area contributed by atoms with Crippen molar-refractivity contribution in [3.05, 3.63) is 29.8 Å². The topological polar surface area (TPSA) is 82.4 Å². The zero-order chi connectivity index (χ0) is 15.8. The van der Waals surface area contributed by atoms with Crippen molar-refractivity contribution in [2.75, 3.05) is 31.6 Å². The third-order valence-corrected chi connectivity index (χ3v) is 3.47. The Labute approximate surface area is 129 Å². The molecule has 6 nitrogen and oxygen atoms in total. The first-order valence-corrected chi connectivity index (χ1v) is 7.34. The van der Waals surface area contributed by atoms with E-state index in [-0.39, 0.29) is 25.0 Å². The van der Waals surface area contributed by atoms with Gasteiger partial charge in [0.1, 0.15) is 13.2 Å². The monoisotopic (exact) mass is 301 g/mol. The molecule has 1 aromatic rings. The lowest BCUT2D eigenvalue weighted by Crippen LogP contribution is -2.38. The molecule has 1 saturated heterocycles. The van der Waals surface area contributed by atoms with Crippen LogP contribution in [0.15, 0.2) is 24.3 Å². The summed E-state index contributed by atoms with van der Waals surface area (Å²) < 4.78 is 5.17. The van der Waals surface area contributed by atoms with Crippen molar-refractivity contribution in [1.29, 1.82) is 5.26 Å². The smallest absolute Gasteiger partial charge is 0.250 e. The van der Waals surface area contributed by atoms with Crippen LogP contribution in [0.5, 0.6) is 0 Å². The number of anilines is 1. The van der Waals surface area contributed by atoms with Gasteiger partial charge in [0.2, 0.25) is 11.8 Å². The first kappa shape index (κ1) is 16.0. The van der Waals surface area contributed by atoms with Crippen LogP contribution in [0.2, 0.25) is 0 Å². The number of carbonyl (C=O) groups excluding carboxylic acids is 2. The van der Waals surface area contributed by atoms with E-state index < -0.39 is 0 Å². The van der Waals surface area contributed by atoms with E-state index in [9.17, 15) is 9.59 Å². The molecule has 0 bridgehead atoms. The van der Waals surface area contributed by atoms with Gasteiger partial charge >= 0.3 is 0 Å². The van der Waals surface area contributed by atoms with Crippen LogP contribution >= 0.6 is 0 Å². The Bertz CT molecular complexity index is 557. The highest BCUT2D eigenvalue weighted by molar-refractivity contribution is 5.91. The minimum Gasteiger partial charge on any atom is -0.362 e. The zero-order valence-corrected chi connectivity index (χ0v) is 12.4. The van der Waals surface area contributed by atoms with E-state index in [0.717, 1.165) is 32.4 Å². The van der Waals surface area contributed by atoms with Crippen molar-refractivity contribution >= 4 is 17.5 Å². The summed E-state index contributed by atoms with van der Waals surface area (Å²) in [4.78, 5) is 25.3. The number of hydrogen-bond donors (Lipinski definition) is 1. The fourth-order valence-corrected chi connectivity index (χ4v) is 2.29. The third-order valence-electron chi connectivity index (χ3n) is 3.47. The van der Waals surface area contributed by atoms with E-state index in [1.165, 1.54) is 0 Å². The first-order chi connectivity index (χ1) is 10.7. The van der Waals surface area contributed by atoms with Gasteiger partial charge in [-0.2, -0.15) is 5.26 Å². The Morgan fingerprint density at radius 2 is 1.82 bits per heavy atom. The highest BCUT2D eigenvalue weighted by Gasteiger charge is 2.16. The number of rotatable bonds is 5. The third kappa shape index (κ3) is 4.86. The SMILES string of the molecule is N#Cc1ccc(NC(=O)COCC(=O)N2CCCCC2)cc1. The Kier molecular flexibility index (Phi) is 5.92. The van der Waals surface area contributed by atoms with Gasteiger partial charge in [0.25, 0.3) is 0 Å². The number of nitrogens with one attached hydrogen (secondary N) is 1. The second-order valence-electron chi connectivity index (χ2n) is 5.17. The molecule has 0 spiro atoms. The van der Waals surface area contributed by atoms with E-state index in [4.69, 9.17) is 10.00 Å². The van der Waals surface area contributed by atoms with E-state index in [1.807, 2.05) is 6.07 Å². The molecule has 0 saturated carbocycles. The summed E-state index contributed by atoms with van der Waals surface area (Å²) in [6.07, 6.45) is 3.23. The average Bonchev–Trinajstić information content (AvgIpc) is 2.56. The summed E-state index contributed by atoms with van der Waals surface area (Å²) in [5.41, 5.74) is 1.12. The minimum absolute atomic E-state index is 0.0640. The number of benzene rings is 1. The van der Waals surface area contributed by atoms with Gasteiger partial charge in [-0.3, -0.25) is 9.59 Å². The quantitative estimate of drug-likeness (QED) is 0.894. The lowest BCUT2D eigenvalue weighted by Gasteiger charge is -2.26. The van der Waals surface area contributed by atoms with Gasteiger partial charge in [0.05, 0.1) is 11.6 Å². The van der Waals surface area contributed by atoms with E-state index in [2.05, 4.69) is 5.32 Å². The molecule has 1 aliphatic rings. The molecule has 1 heterocycles. The van der Waals surface area contributed by atoms with Crippen LogP contribution in [0.1, 0.15) is 24.8 Å². The molecule has 1 aliphatic heterocycles. The molecule has 2 amide bonds. The molecule has 0 radical (unpaired) electrons. The molecule has 6 heteroatoms. The maximum absolute atomic E-state index is 11.8. The molecule has 1 N–H and O–H groups in total. The molecule has 0 aliphatic carbocycles. The predicted octanol–water partition coefficient (Wildman–Crippen LogP) is 1.53. The molecule has 1 aromatic carbocycles. The van der Waals surface area contributed by atoms with Crippen LogP contribution in [0.25, 0.3) is 0 Å². The Balaban J connectivity index is 1.68. The molecular weight excluding hydrogens is 282 g/mol. The van der Waals surface area contributed by atoms with Gasteiger partial charge < -0.3 is 15.0 Å². The van der Waals surface area contributed by atoms with E-state index in [0.29, 0.717) is 11.3 Å². The summed E-state index contributed by atoms with van der Waals surface area (Å²) in [5, 5.41) is 11.3. The number of amides is 2. The fourth-order valence-electron chi connectivity index (χ4n) is 2.29. The van der Waals surface area contributed by atoms with Crippen molar-refractivity contribution < 1.29 is 14.3 Å². The fraction of sp³-hybridized carbons (Fsp3) is 0.438. The van der Waals surface area contributed by atoms with Crippen LogP contribution in [0.4, 0.5) is 5.69 Å². The lowest BCUT2D eigenvalue weighted by atomic mass is 10.1. The Morgan fingerprint density at radius 3 is 2.45 bits per heavy atom. The maximum atomic E-state index is 11.8. The molecule has 0 unspecified atom stereocenters. The summed E-state index contributed by atoms with van der Waals surface area (Å²) in [6, 6.07) is 8.54. The molecule has 0 aromatic heterocycles. The lowest BCUT2D eigenvalue weighted by molar-refractivity contribution is -0.138. The summed E-state index contributed by atoms with van der Waals surface area (Å²) >= 11 is 0. The van der Waals surface area contributed by atoms with E-state index >= 15 is 0 Å². The summed E-state index contributed by atoms with van der Waals surface area (Å²) in [6.45, 7) is 1.32. The number of ether oxygens (including phenoxy) is 1. The molecular formula is C16H19N3O3. The number of piperidine rings is 1. The van der Waals surface area contributed by atoms with Crippen LogP contribution in [-0.4, -0.2) is 43.0 Å². The van der Waals surface area contributed by atoms with Gasteiger partial charge in [-0.15, -0.1) is 0 Å². The van der Waals surface area contributed by atoms with Crippen LogP contribution < -0.4 is 5.32 Å². The zero-order valence-electron chi connectivity index (χ0n) is 12.4. The number of nitriles is 1. The normalized spacial score (nSPS) is 14.2. The highest BCUT2D eigenvalue weighted by atomic mass is 16.5. The van der Waals surface area contributed by atoms with Gasteiger partial charge in [-0.05, 0) is 43.5 Å². The van der Waals surface area contributed by atoms with Crippen molar-refractivity contribution in [2.45, 2.75) is 19.3 Å². The van der Waals surface area contributed by atoms with Gasteiger partial charge in [-0.25, -0.2) is 0 Å². The van der Waals surface area contributed by atoms with Gasteiger partial charge in [0, 0.05) is 18.8 Å². The summed E-state index contributed by atoms with van der Waals surface area (Å²) in [7, 11) is 0. The largest absolute Gasteiger partial charge is 0.362 e. The van der Waals surface area contributed by atoms with Crippen LogP contribution in [0.3, 0.4) is 0 Å². The Hall–Kier alpha value is -2.39. The van der Waals surface area contributed by atoms with Crippen molar-refractivity contribution in [3.8, 4) is 6.07 Å². The molecule has 0 atom stereocenters. The van der Waals surface area contributed by atoms with Crippen molar-refractivity contribution in [2.24, 2.45) is 0 Å². The molecule has 2 rings (SSSR count). The number of hydrogen-bond acceptors (Lipinski definition) is 4. The second kappa shape index (κ2) is 8.15. The Morgan fingerprint density at radius 1 is 1.14 bits per heavy atom. The second-order valence-corrected chi connectivity index (χ2v) is 5.17. The van der Waals surface area contributed by atoms with Gasteiger partial charge in [0.15, 0.2) is 0 Å². The van der Waals surface area contributed by atoms with Gasteiger partial charge in [-0.1, -0.05) is 0 Å². The number of likely N-dealkylation sites (tertiary alicyclic amines) is 1. The molecule has 22 heavy (non-hydrogen) atoms. The number of carbonyl (C=O) groups is 2. The highest BCUT2D eigenvalue weighted by Crippen LogP contribution is 2.09. The molecule has 116 valence electrons. The van der Waals surface area contributed by atoms with Crippen LogP contribution in [0, 0.1) is 11.3 Å². The van der Waals surface area contributed by atoms with Crippen molar-refractivity contribution in [1.82, 2.24) is 4.90 Å².